The van der Waals surface area contributed by atoms with Gasteiger partial charge in [0.25, 0.3) is 0 Å². The highest BCUT2D eigenvalue weighted by molar-refractivity contribution is 5.63. The molecule has 1 aromatic carbocycles. The number of hydrogen-bond donors (Lipinski definition) is 0. The van der Waals surface area contributed by atoms with Crippen LogP contribution in [0.3, 0.4) is 0 Å². The smallest absolute Gasteiger partial charge is 0.431 e. The third-order valence-electron chi connectivity index (χ3n) is 6.77. The van der Waals surface area contributed by atoms with Crippen LogP contribution in [0.2, 0.25) is 0 Å². The van der Waals surface area contributed by atoms with Crippen LogP contribution in [0, 0.1) is 23.6 Å². The van der Waals surface area contributed by atoms with E-state index >= 15 is 0 Å². The number of unbranched alkanes of at least 4 members (excludes halogenated alkanes) is 2. The van der Waals surface area contributed by atoms with Gasteiger partial charge < -0.3 is 9.47 Å². The molecule has 0 heterocycles. The van der Waals surface area contributed by atoms with Gasteiger partial charge in [-0.05, 0) is 80.5 Å². The van der Waals surface area contributed by atoms with Gasteiger partial charge in [-0.3, -0.25) is 0 Å². The van der Waals surface area contributed by atoms with E-state index < -0.39 is 6.16 Å². The van der Waals surface area contributed by atoms with Gasteiger partial charge in [0.2, 0.25) is 0 Å². The lowest BCUT2D eigenvalue weighted by Crippen LogP contribution is -2.30. The maximum atomic E-state index is 12.9. The second kappa shape index (κ2) is 10.8. The largest absolute Gasteiger partial charge is 0.514 e. The molecule has 0 saturated heterocycles. The summed E-state index contributed by atoms with van der Waals surface area (Å²) in [7, 11) is 0. The number of benzene rings is 1. The van der Waals surface area contributed by atoms with E-state index in [4.69, 9.17) is 9.47 Å². The second-order valence-corrected chi connectivity index (χ2v) is 8.74. The molecule has 0 spiro atoms. The summed E-state index contributed by atoms with van der Waals surface area (Å²) in [5.74, 6) is 2.59. The van der Waals surface area contributed by atoms with Crippen molar-refractivity contribution in [1.29, 1.82) is 0 Å². The molecule has 4 heteroatoms. The highest BCUT2D eigenvalue weighted by Crippen LogP contribution is 2.41. The van der Waals surface area contributed by atoms with Gasteiger partial charge in [0.15, 0.2) is 0 Å². The number of carbonyl (C=O) groups excluding carboxylic acids is 1. The SMILES string of the molecule is CCCCC[C@H]1CC[C@H]([C@H]2CC[C@H](OC(=O)Oc3ccc(F)cc3)CC2)CC1. The van der Waals surface area contributed by atoms with Gasteiger partial charge in [-0.2, -0.15) is 0 Å². The van der Waals surface area contributed by atoms with Crippen LogP contribution in [0.5, 0.6) is 5.75 Å². The van der Waals surface area contributed by atoms with Crippen molar-refractivity contribution in [2.24, 2.45) is 17.8 Å². The van der Waals surface area contributed by atoms with Crippen LogP contribution < -0.4 is 4.74 Å². The number of rotatable bonds is 7. The van der Waals surface area contributed by atoms with E-state index in [1.165, 1.54) is 75.6 Å². The van der Waals surface area contributed by atoms with E-state index in [1.54, 1.807) is 0 Å². The fourth-order valence-corrected chi connectivity index (χ4v) is 5.07. The van der Waals surface area contributed by atoms with Crippen molar-refractivity contribution < 1.29 is 18.7 Å². The maximum absolute atomic E-state index is 12.9. The number of ether oxygens (including phenoxy) is 2. The highest BCUT2D eigenvalue weighted by Gasteiger charge is 2.32. The van der Waals surface area contributed by atoms with E-state index in [1.807, 2.05) is 0 Å². The molecule has 0 N–H and O–H groups in total. The Morgan fingerprint density at radius 2 is 1.54 bits per heavy atom. The lowest BCUT2D eigenvalue weighted by atomic mass is 9.70. The Labute approximate surface area is 169 Å². The summed E-state index contributed by atoms with van der Waals surface area (Å²) in [4.78, 5) is 12.0. The minimum Gasteiger partial charge on any atom is -0.431 e. The number of halogens is 1. The van der Waals surface area contributed by atoms with Crippen LogP contribution in [0.15, 0.2) is 24.3 Å². The highest BCUT2D eigenvalue weighted by atomic mass is 19.1. The minimum absolute atomic E-state index is 0.0467. The topological polar surface area (TPSA) is 35.5 Å². The van der Waals surface area contributed by atoms with E-state index in [0.29, 0.717) is 5.75 Å². The van der Waals surface area contributed by atoms with Gasteiger partial charge in [0.1, 0.15) is 17.7 Å². The lowest BCUT2D eigenvalue weighted by molar-refractivity contribution is 0.0238. The van der Waals surface area contributed by atoms with Crippen LogP contribution in [0.25, 0.3) is 0 Å². The molecule has 0 unspecified atom stereocenters. The molecule has 3 nitrogen and oxygen atoms in total. The predicted octanol–water partition coefficient (Wildman–Crippen LogP) is 7.29. The van der Waals surface area contributed by atoms with Crippen molar-refractivity contribution in [3.63, 3.8) is 0 Å². The van der Waals surface area contributed by atoms with Crippen molar-refractivity contribution in [3.8, 4) is 5.75 Å². The van der Waals surface area contributed by atoms with Crippen molar-refractivity contribution in [2.75, 3.05) is 0 Å². The third kappa shape index (κ3) is 6.49. The van der Waals surface area contributed by atoms with Gasteiger partial charge >= 0.3 is 6.16 Å². The predicted molar refractivity (Wildman–Crippen MR) is 109 cm³/mol. The van der Waals surface area contributed by atoms with Crippen LogP contribution in [-0.2, 0) is 4.74 Å². The minimum atomic E-state index is -0.678. The molecule has 0 atom stereocenters. The Balaban J connectivity index is 1.33. The zero-order valence-corrected chi connectivity index (χ0v) is 17.2. The Morgan fingerprint density at radius 3 is 2.14 bits per heavy atom. The molecule has 156 valence electrons. The van der Waals surface area contributed by atoms with Crippen LogP contribution in [0.1, 0.15) is 84.0 Å². The van der Waals surface area contributed by atoms with Crippen LogP contribution in [-0.4, -0.2) is 12.3 Å². The standard InChI is InChI=1S/C24H35FO3/c1-2-3-4-5-18-6-8-19(9-7-18)20-10-14-22(15-11-20)27-24(26)28-23-16-12-21(25)13-17-23/h12-13,16-20,22H,2-11,14-15H2,1H3/t18-,19-,20-,22-. The lowest BCUT2D eigenvalue weighted by Gasteiger charge is -2.37. The normalized spacial score (nSPS) is 27.9. The molecular weight excluding hydrogens is 355 g/mol. The molecule has 2 aliphatic rings. The summed E-state index contributed by atoms with van der Waals surface area (Å²) in [6.45, 7) is 2.28. The Hall–Kier alpha value is -1.58. The zero-order valence-electron chi connectivity index (χ0n) is 17.2. The van der Waals surface area contributed by atoms with Crippen molar-refractivity contribution in [3.05, 3.63) is 30.1 Å². The fraction of sp³-hybridized carbons (Fsp3) is 0.708. The maximum Gasteiger partial charge on any atom is 0.514 e. The summed E-state index contributed by atoms with van der Waals surface area (Å²) in [5, 5.41) is 0. The van der Waals surface area contributed by atoms with Crippen LogP contribution in [0.4, 0.5) is 9.18 Å². The summed E-state index contributed by atoms with van der Waals surface area (Å²) in [5.41, 5.74) is 0. The third-order valence-corrected chi connectivity index (χ3v) is 6.77. The monoisotopic (exact) mass is 390 g/mol. The summed E-state index contributed by atoms with van der Waals surface area (Å²) >= 11 is 0. The second-order valence-electron chi connectivity index (χ2n) is 8.74. The molecule has 2 fully saturated rings. The van der Waals surface area contributed by atoms with Crippen molar-refractivity contribution >= 4 is 6.16 Å². The van der Waals surface area contributed by atoms with Gasteiger partial charge in [-0.15, -0.1) is 0 Å². The van der Waals surface area contributed by atoms with E-state index in [2.05, 4.69) is 6.92 Å². The molecule has 0 aliphatic heterocycles. The Morgan fingerprint density at radius 1 is 0.929 bits per heavy atom. The molecular formula is C24H35FO3. The van der Waals surface area contributed by atoms with Crippen LogP contribution >= 0.6 is 0 Å². The summed E-state index contributed by atoms with van der Waals surface area (Å²) < 4.78 is 23.5. The molecule has 0 radical (unpaired) electrons. The quantitative estimate of drug-likeness (QED) is 0.279. The summed E-state index contributed by atoms with van der Waals surface area (Å²) in [6, 6.07) is 5.41. The average Bonchev–Trinajstić information content (AvgIpc) is 2.71. The van der Waals surface area contributed by atoms with E-state index in [9.17, 15) is 9.18 Å². The molecule has 3 rings (SSSR count). The first-order chi connectivity index (χ1) is 13.6. The first kappa shape index (κ1) is 21.1. The fourth-order valence-electron chi connectivity index (χ4n) is 5.07. The van der Waals surface area contributed by atoms with Gasteiger partial charge in [-0.1, -0.05) is 45.4 Å². The molecule has 2 saturated carbocycles. The number of carbonyl (C=O) groups is 1. The Bertz CT molecular complexity index is 584. The Kier molecular flexibility index (Phi) is 8.17. The molecule has 0 bridgehead atoms. The first-order valence-corrected chi connectivity index (χ1v) is 11.3. The van der Waals surface area contributed by atoms with E-state index in [0.717, 1.165) is 43.4 Å². The molecule has 2 aliphatic carbocycles. The molecule has 0 amide bonds. The molecule has 0 aromatic heterocycles. The van der Waals surface area contributed by atoms with Crippen molar-refractivity contribution in [2.45, 2.75) is 90.1 Å². The van der Waals surface area contributed by atoms with Crippen molar-refractivity contribution in [1.82, 2.24) is 0 Å². The zero-order chi connectivity index (χ0) is 19.8. The molecule has 28 heavy (non-hydrogen) atoms. The average molecular weight is 391 g/mol. The van der Waals surface area contributed by atoms with E-state index in [-0.39, 0.29) is 11.9 Å². The van der Waals surface area contributed by atoms with Gasteiger partial charge in [0, 0.05) is 0 Å². The summed E-state index contributed by atoms with van der Waals surface area (Å²) in [6.07, 6.45) is 14.6. The number of hydrogen-bond acceptors (Lipinski definition) is 3. The van der Waals surface area contributed by atoms with Gasteiger partial charge in [-0.25, -0.2) is 9.18 Å². The van der Waals surface area contributed by atoms with Gasteiger partial charge in [0.05, 0.1) is 0 Å². The molecule has 1 aromatic rings. The first-order valence-electron chi connectivity index (χ1n) is 11.3.